The Morgan fingerprint density at radius 1 is 1.30 bits per heavy atom. The van der Waals surface area contributed by atoms with Crippen LogP contribution in [0.15, 0.2) is 40.2 Å². The molecule has 20 heavy (non-hydrogen) atoms. The molecule has 7 heteroatoms. The Hall–Kier alpha value is -1.05. The number of para-hydroxylation sites is 1. The van der Waals surface area contributed by atoms with Gasteiger partial charge in [-0.05, 0) is 28.1 Å². The van der Waals surface area contributed by atoms with E-state index in [9.17, 15) is 18.3 Å². The molecule has 2 aromatic rings. The number of rotatable bonds is 4. The van der Waals surface area contributed by atoms with Gasteiger partial charge in [-0.2, -0.15) is 0 Å². The van der Waals surface area contributed by atoms with Crippen molar-refractivity contribution in [2.24, 2.45) is 0 Å². The molecule has 1 aromatic carbocycles. The molecule has 2 rings (SSSR count). The van der Waals surface area contributed by atoms with Crippen LogP contribution in [0.3, 0.4) is 0 Å². The van der Waals surface area contributed by atoms with Crippen molar-refractivity contribution in [3.05, 3.63) is 50.6 Å². The first-order chi connectivity index (χ1) is 9.35. The van der Waals surface area contributed by atoms with E-state index in [0.29, 0.717) is 0 Å². The smallest absolute Gasteiger partial charge is 0.405 e. The van der Waals surface area contributed by atoms with E-state index < -0.39 is 12.5 Å². The molecule has 1 atom stereocenters. The predicted molar refractivity (Wildman–Crippen MR) is 73.8 cm³/mol. The van der Waals surface area contributed by atoms with Gasteiger partial charge in [-0.25, -0.2) is 0 Å². The molecule has 0 saturated carbocycles. The van der Waals surface area contributed by atoms with Gasteiger partial charge in [-0.15, -0.1) is 24.5 Å². The van der Waals surface area contributed by atoms with Crippen molar-refractivity contribution in [2.75, 3.05) is 0 Å². The first-order valence-electron chi connectivity index (χ1n) is 5.61. The van der Waals surface area contributed by atoms with E-state index in [1.165, 1.54) is 29.5 Å². The summed E-state index contributed by atoms with van der Waals surface area (Å²) in [6.45, 7) is 0. The normalized spacial score (nSPS) is 13.2. The summed E-state index contributed by atoms with van der Waals surface area (Å²) in [5, 5.41) is 12.0. The van der Waals surface area contributed by atoms with E-state index in [4.69, 9.17) is 0 Å². The van der Waals surface area contributed by atoms with Gasteiger partial charge in [0.05, 0.1) is 6.10 Å². The standard InChI is InChI=1S/C13H10BrF3O2S/c14-8-5-9(20-7-8)6-11(18)10-3-1-2-4-12(10)19-13(15,16)17/h1-5,7,11,18H,6H2. The molecule has 2 nitrogen and oxygen atoms in total. The summed E-state index contributed by atoms with van der Waals surface area (Å²) in [4.78, 5) is 0.867. The van der Waals surface area contributed by atoms with Gasteiger partial charge in [-0.1, -0.05) is 18.2 Å². The number of hydrogen-bond donors (Lipinski definition) is 1. The highest BCUT2D eigenvalue weighted by Gasteiger charge is 2.32. The fourth-order valence-electron chi connectivity index (χ4n) is 1.73. The van der Waals surface area contributed by atoms with Gasteiger partial charge in [0.1, 0.15) is 5.75 Å². The molecule has 0 spiro atoms. The molecule has 0 amide bonds. The summed E-state index contributed by atoms with van der Waals surface area (Å²) in [6.07, 6.45) is -5.60. The molecule has 1 heterocycles. The quantitative estimate of drug-likeness (QED) is 0.850. The third kappa shape index (κ3) is 4.22. The lowest BCUT2D eigenvalue weighted by Crippen LogP contribution is -2.19. The summed E-state index contributed by atoms with van der Waals surface area (Å²) in [6, 6.07) is 7.43. The minimum Gasteiger partial charge on any atom is -0.405 e. The molecule has 0 aliphatic rings. The largest absolute Gasteiger partial charge is 0.573 e. The fourth-order valence-corrected chi connectivity index (χ4v) is 3.22. The summed E-state index contributed by atoms with van der Waals surface area (Å²) < 4.78 is 41.7. The van der Waals surface area contributed by atoms with Crippen LogP contribution in [0.25, 0.3) is 0 Å². The lowest BCUT2D eigenvalue weighted by Gasteiger charge is -2.16. The van der Waals surface area contributed by atoms with Crippen molar-refractivity contribution in [3.63, 3.8) is 0 Å². The molecule has 108 valence electrons. The maximum Gasteiger partial charge on any atom is 0.573 e. The number of aliphatic hydroxyl groups excluding tert-OH is 1. The lowest BCUT2D eigenvalue weighted by molar-refractivity contribution is -0.275. The topological polar surface area (TPSA) is 29.5 Å². The second-order valence-electron chi connectivity index (χ2n) is 4.04. The number of aliphatic hydroxyl groups is 1. The Labute approximate surface area is 125 Å². The number of benzene rings is 1. The second-order valence-corrected chi connectivity index (χ2v) is 5.95. The maximum atomic E-state index is 12.3. The van der Waals surface area contributed by atoms with Gasteiger partial charge >= 0.3 is 6.36 Å². The molecule has 0 fully saturated rings. The zero-order chi connectivity index (χ0) is 14.8. The van der Waals surface area contributed by atoms with Gasteiger partial charge in [0, 0.05) is 26.7 Å². The third-order valence-corrected chi connectivity index (χ3v) is 4.24. The third-order valence-electron chi connectivity index (χ3n) is 2.52. The van der Waals surface area contributed by atoms with E-state index in [1.807, 2.05) is 11.4 Å². The van der Waals surface area contributed by atoms with E-state index in [-0.39, 0.29) is 17.7 Å². The average molecular weight is 367 g/mol. The van der Waals surface area contributed by atoms with Crippen LogP contribution in [0.2, 0.25) is 0 Å². The van der Waals surface area contributed by atoms with Gasteiger partial charge in [-0.3, -0.25) is 0 Å². The van der Waals surface area contributed by atoms with Crippen LogP contribution in [0.5, 0.6) is 5.75 Å². The number of thiophene rings is 1. The van der Waals surface area contributed by atoms with Crippen molar-refractivity contribution in [3.8, 4) is 5.75 Å². The Bertz CT molecular complexity index is 583. The van der Waals surface area contributed by atoms with Crippen molar-refractivity contribution in [1.29, 1.82) is 0 Å². The zero-order valence-electron chi connectivity index (χ0n) is 10.0. The van der Waals surface area contributed by atoms with Crippen molar-refractivity contribution in [1.82, 2.24) is 0 Å². The number of halogens is 4. The molecule has 0 radical (unpaired) electrons. The SMILES string of the molecule is OC(Cc1cc(Br)cs1)c1ccccc1OC(F)(F)F. The number of ether oxygens (including phenoxy) is 1. The Balaban J connectivity index is 2.19. The highest BCUT2D eigenvalue weighted by Crippen LogP contribution is 2.33. The maximum absolute atomic E-state index is 12.3. The molecule has 1 unspecified atom stereocenters. The minimum atomic E-state index is -4.78. The average Bonchev–Trinajstić information content (AvgIpc) is 2.73. The molecule has 1 aromatic heterocycles. The molecule has 1 N–H and O–H groups in total. The summed E-state index contributed by atoms with van der Waals surface area (Å²) in [5.41, 5.74) is 0.120. The number of alkyl halides is 3. The molecule has 0 saturated heterocycles. The van der Waals surface area contributed by atoms with Crippen LogP contribution in [0.1, 0.15) is 16.5 Å². The van der Waals surface area contributed by atoms with Crippen LogP contribution in [0, 0.1) is 0 Å². The Morgan fingerprint density at radius 2 is 2.00 bits per heavy atom. The van der Waals surface area contributed by atoms with Crippen LogP contribution in [-0.4, -0.2) is 11.5 Å². The Morgan fingerprint density at radius 3 is 2.60 bits per heavy atom. The highest BCUT2D eigenvalue weighted by molar-refractivity contribution is 9.10. The second kappa shape index (κ2) is 6.15. The van der Waals surface area contributed by atoms with Crippen LogP contribution < -0.4 is 4.74 Å². The first kappa shape index (κ1) is 15.3. The first-order valence-corrected chi connectivity index (χ1v) is 7.28. The Kier molecular flexibility index (Phi) is 4.72. The summed E-state index contributed by atoms with van der Waals surface area (Å²) >= 11 is 4.71. The summed E-state index contributed by atoms with van der Waals surface area (Å²) in [5.74, 6) is -0.372. The molecular formula is C13H10BrF3O2S. The van der Waals surface area contributed by atoms with Crippen LogP contribution >= 0.6 is 27.3 Å². The predicted octanol–water partition coefficient (Wildman–Crippen LogP) is 4.69. The fraction of sp³-hybridized carbons (Fsp3) is 0.231. The number of hydrogen-bond acceptors (Lipinski definition) is 3. The van der Waals surface area contributed by atoms with E-state index >= 15 is 0 Å². The molecule has 0 aliphatic carbocycles. The minimum absolute atomic E-state index is 0.120. The van der Waals surface area contributed by atoms with Gasteiger partial charge in [0.25, 0.3) is 0 Å². The molecule has 0 aliphatic heterocycles. The van der Waals surface area contributed by atoms with Crippen molar-refractivity contribution in [2.45, 2.75) is 18.9 Å². The zero-order valence-corrected chi connectivity index (χ0v) is 12.4. The van der Waals surface area contributed by atoms with E-state index in [2.05, 4.69) is 20.7 Å². The van der Waals surface area contributed by atoms with Crippen LogP contribution in [-0.2, 0) is 6.42 Å². The van der Waals surface area contributed by atoms with Crippen molar-refractivity contribution >= 4 is 27.3 Å². The molecular weight excluding hydrogens is 357 g/mol. The molecule has 0 bridgehead atoms. The van der Waals surface area contributed by atoms with Crippen LogP contribution in [0.4, 0.5) is 13.2 Å². The lowest BCUT2D eigenvalue weighted by atomic mass is 10.0. The monoisotopic (exact) mass is 366 g/mol. The highest BCUT2D eigenvalue weighted by atomic mass is 79.9. The van der Waals surface area contributed by atoms with Gasteiger partial charge < -0.3 is 9.84 Å². The van der Waals surface area contributed by atoms with E-state index in [0.717, 1.165) is 9.35 Å². The summed E-state index contributed by atoms with van der Waals surface area (Å²) in [7, 11) is 0. The van der Waals surface area contributed by atoms with Crippen molar-refractivity contribution < 1.29 is 23.0 Å². The van der Waals surface area contributed by atoms with E-state index in [1.54, 1.807) is 6.07 Å². The van der Waals surface area contributed by atoms with Gasteiger partial charge in [0.2, 0.25) is 0 Å². The van der Waals surface area contributed by atoms with Gasteiger partial charge in [0.15, 0.2) is 0 Å².